The molecule has 0 atom stereocenters. The van der Waals surface area contributed by atoms with Crippen molar-refractivity contribution in [3.63, 3.8) is 0 Å². The van der Waals surface area contributed by atoms with Gasteiger partial charge in [0.15, 0.2) is 5.16 Å². The smallest absolute Gasteiger partial charge is 0.231 e. The normalized spacial score (nSPS) is 15.3. The SMILES string of the molecule is CNc1nc(Sc2ncc[nH]2)nc(N2CCOCC2)n1. The second-order valence-electron chi connectivity index (χ2n) is 4.09. The Balaban J connectivity index is 1.85. The van der Waals surface area contributed by atoms with E-state index >= 15 is 0 Å². The first-order chi connectivity index (χ1) is 9.85. The Morgan fingerprint density at radius 3 is 2.85 bits per heavy atom. The summed E-state index contributed by atoms with van der Waals surface area (Å²) < 4.78 is 5.34. The quantitative estimate of drug-likeness (QED) is 0.848. The summed E-state index contributed by atoms with van der Waals surface area (Å²) in [7, 11) is 1.79. The number of hydrogen-bond acceptors (Lipinski definition) is 8. The van der Waals surface area contributed by atoms with Crippen molar-refractivity contribution in [3.05, 3.63) is 12.4 Å². The molecule has 0 saturated carbocycles. The number of imidazole rings is 1. The van der Waals surface area contributed by atoms with E-state index in [0.29, 0.717) is 30.3 Å². The van der Waals surface area contributed by atoms with Crippen molar-refractivity contribution in [2.45, 2.75) is 10.3 Å². The number of aromatic amines is 1. The van der Waals surface area contributed by atoms with Gasteiger partial charge >= 0.3 is 0 Å². The van der Waals surface area contributed by atoms with Gasteiger partial charge in [-0.25, -0.2) is 4.98 Å². The summed E-state index contributed by atoms with van der Waals surface area (Å²) in [5.41, 5.74) is 0. The molecule has 0 aromatic carbocycles. The maximum absolute atomic E-state index is 5.34. The van der Waals surface area contributed by atoms with E-state index in [9.17, 15) is 0 Å². The van der Waals surface area contributed by atoms with Crippen LogP contribution in [0.1, 0.15) is 0 Å². The highest BCUT2D eigenvalue weighted by molar-refractivity contribution is 7.99. The largest absolute Gasteiger partial charge is 0.378 e. The van der Waals surface area contributed by atoms with Crippen LogP contribution in [-0.4, -0.2) is 58.3 Å². The maximum Gasteiger partial charge on any atom is 0.231 e. The monoisotopic (exact) mass is 293 g/mol. The number of hydrogen-bond donors (Lipinski definition) is 2. The molecule has 1 fully saturated rings. The highest BCUT2D eigenvalue weighted by atomic mass is 32.2. The predicted octanol–water partition coefficient (Wildman–Crippen LogP) is 0.624. The van der Waals surface area contributed by atoms with Crippen molar-refractivity contribution in [2.24, 2.45) is 0 Å². The minimum atomic E-state index is 0.551. The van der Waals surface area contributed by atoms with Crippen LogP contribution in [0.2, 0.25) is 0 Å². The number of ether oxygens (including phenoxy) is 1. The molecule has 3 rings (SSSR count). The lowest BCUT2D eigenvalue weighted by molar-refractivity contribution is 0.122. The first-order valence-corrected chi connectivity index (χ1v) is 7.10. The summed E-state index contributed by atoms with van der Waals surface area (Å²) in [4.78, 5) is 22.5. The van der Waals surface area contributed by atoms with Gasteiger partial charge < -0.3 is 19.9 Å². The van der Waals surface area contributed by atoms with Crippen LogP contribution in [0.4, 0.5) is 11.9 Å². The van der Waals surface area contributed by atoms with Crippen molar-refractivity contribution in [1.82, 2.24) is 24.9 Å². The molecule has 106 valence electrons. The molecule has 1 aliphatic rings. The number of rotatable bonds is 4. The molecule has 9 heteroatoms. The number of nitrogens with zero attached hydrogens (tertiary/aromatic N) is 5. The van der Waals surface area contributed by atoms with E-state index in [4.69, 9.17) is 4.74 Å². The first-order valence-electron chi connectivity index (χ1n) is 6.29. The van der Waals surface area contributed by atoms with Crippen LogP contribution in [0.3, 0.4) is 0 Å². The molecule has 3 heterocycles. The van der Waals surface area contributed by atoms with Gasteiger partial charge in [0, 0.05) is 32.5 Å². The van der Waals surface area contributed by atoms with Gasteiger partial charge in [-0.05, 0) is 11.8 Å². The summed E-state index contributed by atoms with van der Waals surface area (Å²) in [6.45, 7) is 2.97. The summed E-state index contributed by atoms with van der Waals surface area (Å²) in [6, 6.07) is 0. The number of anilines is 2. The topological polar surface area (TPSA) is 91.9 Å². The Bertz CT molecular complexity index is 556. The third-order valence-electron chi connectivity index (χ3n) is 2.78. The molecule has 20 heavy (non-hydrogen) atoms. The molecule has 0 amide bonds. The molecular weight excluding hydrogens is 278 g/mol. The minimum Gasteiger partial charge on any atom is -0.378 e. The Labute approximate surface area is 120 Å². The number of H-pyrrole nitrogens is 1. The molecule has 0 unspecified atom stereocenters. The third-order valence-corrected chi connectivity index (χ3v) is 3.56. The van der Waals surface area contributed by atoms with Crippen molar-refractivity contribution in [3.8, 4) is 0 Å². The highest BCUT2D eigenvalue weighted by Crippen LogP contribution is 2.23. The molecule has 0 spiro atoms. The van der Waals surface area contributed by atoms with Gasteiger partial charge in [-0.2, -0.15) is 15.0 Å². The zero-order chi connectivity index (χ0) is 13.8. The zero-order valence-corrected chi connectivity index (χ0v) is 11.9. The molecule has 2 aromatic heterocycles. The van der Waals surface area contributed by atoms with Crippen LogP contribution in [0.15, 0.2) is 22.7 Å². The van der Waals surface area contributed by atoms with E-state index in [2.05, 4.69) is 35.1 Å². The Hall–Kier alpha value is -1.87. The number of nitrogens with one attached hydrogen (secondary N) is 2. The highest BCUT2D eigenvalue weighted by Gasteiger charge is 2.17. The molecule has 8 nitrogen and oxygen atoms in total. The van der Waals surface area contributed by atoms with E-state index < -0.39 is 0 Å². The molecule has 0 radical (unpaired) electrons. The standard InChI is InChI=1S/C11H15N7OS/c1-12-8-15-9(18-4-6-19-7-5-18)17-11(16-8)20-10-13-2-3-14-10/h2-3H,4-7H2,1H3,(H,13,14)(H,12,15,16,17). The molecule has 1 saturated heterocycles. The van der Waals surface area contributed by atoms with E-state index in [1.165, 1.54) is 11.8 Å². The fourth-order valence-electron chi connectivity index (χ4n) is 1.80. The second kappa shape index (κ2) is 6.06. The fraction of sp³-hybridized carbons (Fsp3) is 0.455. The van der Waals surface area contributed by atoms with Gasteiger partial charge in [0.2, 0.25) is 17.1 Å². The fourth-order valence-corrected chi connectivity index (χ4v) is 2.47. The van der Waals surface area contributed by atoms with E-state index in [1.54, 1.807) is 19.4 Å². The summed E-state index contributed by atoms with van der Waals surface area (Å²) in [5.74, 6) is 1.22. The minimum absolute atomic E-state index is 0.551. The van der Waals surface area contributed by atoms with Crippen molar-refractivity contribution in [2.75, 3.05) is 43.6 Å². The van der Waals surface area contributed by atoms with Crippen molar-refractivity contribution >= 4 is 23.7 Å². The van der Waals surface area contributed by atoms with Crippen LogP contribution in [-0.2, 0) is 4.74 Å². The molecule has 0 bridgehead atoms. The van der Waals surface area contributed by atoms with Crippen LogP contribution < -0.4 is 10.2 Å². The second-order valence-corrected chi connectivity index (χ2v) is 5.04. The van der Waals surface area contributed by atoms with Gasteiger partial charge in [0.1, 0.15) is 0 Å². The average molecular weight is 293 g/mol. The molecular formula is C11H15N7OS. The molecule has 2 N–H and O–H groups in total. The Morgan fingerprint density at radius 2 is 2.15 bits per heavy atom. The van der Waals surface area contributed by atoms with Crippen LogP contribution >= 0.6 is 11.8 Å². The lowest BCUT2D eigenvalue weighted by Gasteiger charge is -2.26. The van der Waals surface area contributed by atoms with Crippen LogP contribution in [0, 0.1) is 0 Å². The van der Waals surface area contributed by atoms with Crippen molar-refractivity contribution < 1.29 is 4.74 Å². The molecule has 2 aromatic rings. The first kappa shape index (κ1) is 13.1. The van der Waals surface area contributed by atoms with Gasteiger partial charge in [-0.3, -0.25) is 0 Å². The summed E-state index contributed by atoms with van der Waals surface area (Å²) >= 11 is 1.38. The van der Waals surface area contributed by atoms with E-state index in [1.807, 2.05) is 0 Å². The number of morpholine rings is 1. The van der Waals surface area contributed by atoms with Crippen LogP contribution in [0.5, 0.6) is 0 Å². The average Bonchev–Trinajstić information content (AvgIpc) is 3.00. The maximum atomic E-state index is 5.34. The third kappa shape index (κ3) is 2.99. The number of aromatic nitrogens is 5. The molecule has 0 aliphatic carbocycles. The van der Waals surface area contributed by atoms with Gasteiger partial charge in [-0.15, -0.1) is 0 Å². The lowest BCUT2D eigenvalue weighted by atomic mass is 10.4. The van der Waals surface area contributed by atoms with E-state index in [-0.39, 0.29) is 0 Å². The Kier molecular flexibility index (Phi) is 3.97. The molecule has 1 aliphatic heterocycles. The van der Waals surface area contributed by atoms with Gasteiger partial charge in [0.05, 0.1) is 13.2 Å². The van der Waals surface area contributed by atoms with Crippen molar-refractivity contribution in [1.29, 1.82) is 0 Å². The zero-order valence-electron chi connectivity index (χ0n) is 11.0. The van der Waals surface area contributed by atoms with Crippen LogP contribution in [0.25, 0.3) is 0 Å². The lowest BCUT2D eigenvalue weighted by Crippen LogP contribution is -2.37. The Morgan fingerprint density at radius 1 is 1.30 bits per heavy atom. The summed E-state index contributed by atoms with van der Waals surface area (Å²) in [6.07, 6.45) is 3.47. The van der Waals surface area contributed by atoms with Gasteiger partial charge in [0.25, 0.3) is 0 Å². The van der Waals surface area contributed by atoms with Gasteiger partial charge in [-0.1, -0.05) is 0 Å². The predicted molar refractivity (Wildman–Crippen MR) is 75.1 cm³/mol. The van der Waals surface area contributed by atoms with E-state index in [0.717, 1.165) is 18.2 Å². The summed E-state index contributed by atoms with van der Waals surface area (Å²) in [5, 5.41) is 4.33.